The Balaban J connectivity index is 2.06. The topological polar surface area (TPSA) is 27.0 Å². The molecule has 0 saturated heterocycles. The molecule has 1 aliphatic rings. The molecule has 0 radical (unpaired) electrons. The fraction of sp³-hybridized carbons (Fsp3) is 0.308. The first-order valence-electron chi connectivity index (χ1n) is 5.23. The van der Waals surface area contributed by atoms with Gasteiger partial charge in [0, 0.05) is 13.1 Å². The van der Waals surface area contributed by atoms with Gasteiger partial charge in [-0.1, -0.05) is 42.5 Å². The summed E-state index contributed by atoms with van der Waals surface area (Å²) in [7, 11) is 0. The largest absolute Gasteiger partial charge is 0.280 e. The van der Waals surface area contributed by atoms with Crippen molar-refractivity contribution in [1.82, 2.24) is 4.90 Å². The minimum atomic E-state index is 0.0372. The minimum Gasteiger partial charge on any atom is -0.280 e. The lowest BCUT2D eigenvalue weighted by atomic mass is 10.1. The first kappa shape index (κ1) is 9.95. The first-order chi connectivity index (χ1) is 7.40. The summed E-state index contributed by atoms with van der Waals surface area (Å²) in [4.78, 5) is 2.20. The Labute approximate surface area is 90.4 Å². The molecular weight excluding hydrogens is 184 g/mol. The second-order valence-electron chi connectivity index (χ2n) is 3.77. The van der Waals surface area contributed by atoms with E-state index in [2.05, 4.69) is 35.3 Å². The number of rotatable bonds is 2. The highest BCUT2D eigenvalue weighted by Gasteiger charge is 2.18. The van der Waals surface area contributed by atoms with Crippen LogP contribution in [0.1, 0.15) is 12.0 Å². The molecule has 1 unspecified atom stereocenters. The van der Waals surface area contributed by atoms with Crippen LogP contribution in [0.2, 0.25) is 0 Å². The number of benzene rings is 1. The molecule has 1 aromatic rings. The van der Waals surface area contributed by atoms with Gasteiger partial charge in [0.25, 0.3) is 0 Å². The fourth-order valence-electron chi connectivity index (χ4n) is 1.84. The molecule has 0 N–H and O–H groups in total. The van der Waals surface area contributed by atoms with E-state index < -0.39 is 0 Å². The van der Waals surface area contributed by atoms with Crippen molar-refractivity contribution in [3.05, 3.63) is 48.0 Å². The van der Waals surface area contributed by atoms with Crippen LogP contribution >= 0.6 is 0 Å². The van der Waals surface area contributed by atoms with Crippen LogP contribution in [0.5, 0.6) is 0 Å². The zero-order valence-electron chi connectivity index (χ0n) is 8.63. The van der Waals surface area contributed by atoms with Gasteiger partial charge < -0.3 is 0 Å². The van der Waals surface area contributed by atoms with Crippen LogP contribution in [-0.2, 0) is 6.54 Å². The van der Waals surface area contributed by atoms with Crippen molar-refractivity contribution < 1.29 is 0 Å². The van der Waals surface area contributed by atoms with Crippen LogP contribution in [0.15, 0.2) is 42.5 Å². The van der Waals surface area contributed by atoms with Crippen molar-refractivity contribution in [3.63, 3.8) is 0 Å². The molecular formula is C13H14N2. The quantitative estimate of drug-likeness (QED) is 0.682. The normalized spacial score (nSPS) is 21.1. The van der Waals surface area contributed by atoms with Crippen LogP contribution in [0.4, 0.5) is 0 Å². The molecule has 76 valence electrons. The predicted octanol–water partition coefficient (Wildman–Crippen LogP) is 2.34. The fourth-order valence-corrected chi connectivity index (χ4v) is 1.84. The molecule has 2 rings (SSSR count). The molecule has 1 atom stereocenters. The van der Waals surface area contributed by atoms with Crippen LogP contribution in [0, 0.1) is 11.3 Å². The van der Waals surface area contributed by atoms with Gasteiger partial charge in [-0.2, -0.15) is 5.26 Å². The Bertz CT molecular complexity index is 375. The lowest BCUT2D eigenvalue weighted by Crippen LogP contribution is -2.35. The molecule has 0 saturated carbocycles. The monoisotopic (exact) mass is 198 g/mol. The van der Waals surface area contributed by atoms with Gasteiger partial charge in [0.15, 0.2) is 0 Å². The van der Waals surface area contributed by atoms with E-state index in [4.69, 9.17) is 5.26 Å². The maximum atomic E-state index is 9.01. The summed E-state index contributed by atoms with van der Waals surface area (Å²) in [5.41, 5.74) is 1.27. The summed E-state index contributed by atoms with van der Waals surface area (Å²) in [6.45, 7) is 1.75. The number of hydrogen-bond donors (Lipinski definition) is 0. The Morgan fingerprint density at radius 2 is 2.07 bits per heavy atom. The molecule has 0 spiro atoms. The highest BCUT2D eigenvalue weighted by Crippen LogP contribution is 2.14. The second-order valence-corrected chi connectivity index (χ2v) is 3.77. The molecule has 0 bridgehead atoms. The maximum absolute atomic E-state index is 9.01. The molecule has 2 nitrogen and oxygen atoms in total. The summed E-state index contributed by atoms with van der Waals surface area (Å²) in [5, 5.41) is 9.01. The average Bonchev–Trinajstić information content (AvgIpc) is 2.31. The molecule has 1 aliphatic heterocycles. The van der Waals surface area contributed by atoms with E-state index in [1.54, 1.807) is 0 Å². The van der Waals surface area contributed by atoms with Gasteiger partial charge in [0.2, 0.25) is 0 Å². The average molecular weight is 198 g/mol. The van der Waals surface area contributed by atoms with Crippen molar-refractivity contribution >= 4 is 0 Å². The molecule has 0 aliphatic carbocycles. The summed E-state index contributed by atoms with van der Waals surface area (Å²) >= 11 is 0. The minimum absolute atomic E-state index is 0.0372. The Morgan fingerprint density at radius 3 is 2.80 bits per heavy atom. The third-order valence-corrected chi connectivity index (χ3v) is 2.68. The number of nitrogens with zero attached hydrogens (tertiary/aromatic N) is 2. The van der Waals surface area contributed by atoms with Crippen molar-refractivity contribution in [2.75, 3.05) is 6.54 Å². The van der Waals surface area contributed by atoms with Gasteiger partial charge in [0.1, 0.15) is 6.04 Å². The Hall–Kier alpha value is -1.59. The molecule has 0 fully saturated rings. The maximum Gasteiger partial charge on any atom is 0.102 e. The van der Waals surface area contributed by atoms with E-state index in [-0.39, 0.29) is 6.04 Å². The van der Waals surface area contributed by atoms with Gasteiger partial charge in [-0.25, -0.2) is 0 Å². The summed E-state index contributed by atoms with van der Waals surface area (Å²) in [6, 6.07) is 12.7. The molecule has 1 heterocycles. The molecule has 0 amide bonds. The van der Waals surface area contributed by atoms with Gasteiger partial charge in [-0.05, 0) is 12.0 Å². The third-order valence-electron chi connectivity index (χ3n) is 2.68. The predicted molar refractivity (Wildman–Crippen MR) is 60.0 cm³/mol. The van der Waals surface area contributed by atoms with Gasteiger partial charge in [-0.3, -0.25) is 4.90 Å². The van der Waals surface area contributed by atoms with E-state index >= 15 is 0 Å². The third kappa shape index (κ3) is 2.45. The molecule has 2 heteroatoms. The first-order valence-corrected chi connectivity index (χ1v) is 5.23. The second kappa shape index (κ2) is 4.77. The zero-order chi connectivity index (χ0) is 10.5. The standard InChI is InChI=1S/C13H14N2/c14-10-13-8-4-5-9-15(13)11-12-6-2-1-3-7-12/h1-7,13H,8-9,11H2. The lowest BCUT2D eigenvalue weighted by molar-refractivity contribution is 0.241. The van der Waals surface area contributed by atoms with E-state index in [0.29, 0.717) is 0 Å². The molecule has 0 aromatic heterocycles. The van der Waals surface area contributed by atoms with Gasteiger partial charge in [0.05, 0.1) is 6.07 Å². The van der Waals surface area contributed by atoms with Gasteiger partial charge >= 0.3 is 0 Å². The summed E-state index contributed by atoms with van der Waals surface area (Å²) in [6.07, 6.45) is 5.08. The molecule has 1 aromatic carbocycles. The van der Waals surface area contributed by atoms with Gasteiger partial charge in [-0.15, -0.1) is 0 Å². The van der Waals surface area contributed by atoms with E-state index in [0.717, 1.165) is 19.5 Å². The van der Waals surface area contributed by atoms with Crippen molar-refractivity contribution in [3.8, 4) is 6.07 Å². The highest BCUT2D eigenvalue weighted by atomic mass is 15.1. The number of hydrogen-bond acceptors (Lipinski definition) is 2. The lowest BCUT2D eigenvalue weighted by Gasteiger charge is -2.27. The number of nitriles is 1. The Kier molecular flexibility index (Phi) is 3.16. The summed E-state index contributed by atoms with van der Waals surface area (Å²) in [5.74, 6) is 0. The van der Waals surface area contributed by atoms with E-state index in [9.17, 15) is 0 Å². The smallest absolute Gasteiger partial charge is 0.102 e. The van der Waals surface area contributed by atoms with Crippen LogP contribution in [0.25, 0.3) is 0 Å². The van der Waals surface area contributed by atoms with Crippen molar-refractivity contribution in [2.24, 2.45) is 0 Å². The summed E-state index contributed by atoms with van der Waals surface area (Å²) < 4.78 is 0. The van der Waals surface area contributed by atoms with Crippen LogP contribution < -0.4 is 0 Å². The van der Waals surface area contributed by atoms with Crippen LogP contribution in [0.3, 0.4) is 0 Å². The molecule has 15 heavy (non-hydrogen) atoms. The SMILES string of the molecule is N#CC1CC=CCN1Cc1ccccc1. The van der Waals surface area contributed by atoms with Crippen LogP contribution in [-0.4, -0.2) is 17.5 Å². The highest BCUT2D eigenvalue weighted by molar-refractivity contribution is 5.16. The van der Waals surface area contributed by atoms with E-state index in [1.165, 1.54) is 5.56 Å². The van der Waals surface area contributed by atoms with Crippen molar-refractivity contribution in [2.45, 2.75) is 19.0 Å². The zero-order valence-corrected chi connectivity index (χ0v) is 8.63. The van der Waals surface area contributed by atoms with E-state index in [1.807, 2.05) is 18.2 Å². The Morgan fingerprint density at radius 1 is 1.27 bits per heavy atom. The van der Waals surface area contributed by atoms with Crippen molar-refractivity contribution in [1.29, 1.82) is 5.26 Å².